The molecule has 1 saturated heterocycles. The van der Waals surface area contributed by atoms with Gasteiger partial charge in [0.15, 0.2) is 0 Å². The number of carbonyl (C=O) groups is 1. The van der Waals surface area contributed by atoms with Crippen LogP contribution >= 0.6 is 0 Å². The number of aromatic nitrogens is 1. The van der Waals surface area contributed by atoms with Crippen LogP contribution in [0.25, 0.3) is 0 Å². The van der Waals surface area contributed by atoms with Crippen LogP contribution in [0.15, 0.2) is 54.9 Å². The maximum atomic E-state index is 13.6. The van der Waals surface area contributed by atoms with Gasteiger partial charge in [-0.25, -0.2) is 0 Å². The largest absolute Gasteiger partial charge is 0.396 e. The van der Waals surface area contributed by atoms with Crippen LogP contribution in [-0.2, 0) is 10.2 Å². The Kier molecular flexibility index (Phi) is 4.77. The van der Waals surface area contributed by atoms with Crippen molar-refractivity contribution in [1.29, 1.82) is 0 Å². The summed E-state index contributed by atoms with van der Waals surface area (Å²) in [6, 6.07) is 14.3. The first-order valence-electron chi connectivity index (χ1n) is 9.60. The first-order chi connectivity index (χ1) is 12.7. The van der Waals surface area contributed by atoms with Gasteiger partial charge in [-0.05, 0) is 36.1 Å². The maximum absolute atomic E-state index is 13.6. The van der Waals surface area contributed by atoms with Gasteiger partial charge in [0.25, 0.3) is 0 Å². The molecule has 0 bridgehead atoms. The average molecular weight is 350 g/mol. The van der Waals surface area contributed by atoms with E-state index in [1.165, 1.54) is 0 Å². The zero-order valence-electron chi connectivity index (χ0n) is 15.1. The molecule has 1 aliphatic heterocycles. The molecule has 0 radical (unpaired) electrons. The molecule has 1 saturated carbocycles. The van der Waals surface area contributed by atoms with Crippen LogP contribution in [0.1, 0.15) is 42.7 Å². The van der Waals surface area contributed by atoms with Crippen molar-refractivity contribution in [2.24, 2.45) is 5.92 Å². The zero-order valence-corrected chi connectivity index (χ0v) is 15.1. The fraction of sp³-hybridized carbons (Fsp3) is 0.455. The Morgan fingerprint density at radius 2 is 1.77 bits per heavy atom. The number of amides is 1. The fourth-order valence-corrected chi connectivity index (χ4v) is 4.87. The molecule has 2 aliphatic rings. The van der Waals surface area contributed by atoms with E-state index in [0.717, 1.165) is 36.8 Å². The van der Waals surface area contributed by atoms with Gasteiger partial charge in [0.05, 0.1) is 5.41 Å². The first kappa shape index (κ1) is 17.2. The van der Waals surface area contributed by atoms with E-state index < -0.39 is 0 Å². The number of likely N-dealkylation sites (tertiary alicyclic amines) is 1. The number of benzene rings is 1. The number of aliphatic hydroxyl groups is 1. The van der Waals surface area contributed by atoms with E-state index in [0.29, 0.717) is 13.1 Å². The second-order valence-electron chi connectivity index (χ2n) is 7.70. The minimum atomic E-state index is -0.381. The summed E-state index contributed by atoms with van der Waals surface area (Å²) in [6.45, 7) is 1.43. The van der Waals surface area contributed by atoms with E-state index in [2.05, 4.69) is 17.1 Å². The lowest BCUT2D eigenvalue weighted by atomic mass is 9.77. The van der Waals surface area contributed by atoms with Crippen LogP contribution in [0.4, 0.5) is 0 Å². The van der Waals surface area contributed by atoms with Crippen LogP contribution in [0.2, 0.25) is 0 Å². The highest BCUT2D eigenvalue weighted by Crippen LogP contribution is 2.44. The Labute approximate surface area is 154 Å². The zero-order chi connectivity index (χ0) is 18.0. The summed E-state index contributed by atoms with van der Waals surface area (Å²) in [5, 5.41) is 9.89. The lowest BCUT2D eigenvalue weighted by Crippen LogP contribution is -2.44. The molecule has 0 unspecified atom stereocenters. The highest BCUT2D eigenvalue weighted by Gasteiger charge is 2.47. The van der Waals surface area contributed by atoms with Gasteiger partial charge >= 0.3 is 0 Å². The molecule has 0 spiro atoms. The Morgan fingerprint density at radius 1 is 1.08 bits per heavy atom. The third-order valence-corrected chi connectivity index (χ3v) is 6.29. The van der Waals surface area contributed by atoms with E-state index in [1.54, 1.807) is 12.4 Å². The summed E-state index contributed by atoms with van der Waals surface area (Å²) in [6.07, 6.45) is 7.64. The van der Waals surface area contributed by atoms with Crippen LogP contribution in [-0.4, -0.2) is 40.6 Å². The first-order valence-corrected chi connectivity index (χ1v) is 9.60. The number of carbonyl (C=O) groups excluding carboxylic acids is 1. The maximum Gasteiger partial charge on any atom is 0.233 e. The summed E-state index contributed by atoms with van der Waals surface area (Å²) < 4.78 is 0. The molecule has 1 aromatic heterocycles. The number of aliphatic hydroxyl groups excluding tert-OH is 1. The Morgan fingerprint density at radius 3 is 2.42 bits per heavy atom. The molecule has 4 heteroatoms. The predicted octanol–water partition coefficient (Wildman–Crippen LogP) is 3.13. The Bertz CT molecular complexity index is 741. The Hall–Kier alpha value is -2.20. The molecule has 2 atom stereocenters. The molecule has 26 heavy (non-hydrogen) atoms. The minimum absolute atomic E-state index is 0.0931. The quantitative estimate of drug-likeness (QED) is 0.922. The van der Waals surface area contributed by atoms with Gasteiger partial charge in [0, 0.05) is 43.9 Å². The number of nitrogens with zero attached hydrogens (tertiary/aromatic N) is 2. The molecule has 2 heterocycles. The molecular formula is C22H26N2O2. The predicted molar refractivity (Wildman–Crippen MR) is 101 cm³/mol. The van der Waals surface area contributed by atoms with Crippen molar-refractivity contribution in [1.82, 2.24) is 9.88 Å². The summed E-state index contributed by atoms with van der Waals surface area (Å²) in [4.78, 5) is 19.7. The van der Waals surface area contributed by atoms with Crippen molar-refractivity contribution in [2.45, 2.75) is 37.0 Å². The number of hydrogen-bond acceptors (Lipinski definition) is 3. The Balaban J connectivity index is 1.61. The summed E-state index contributed by atoms with van der Waals surface area (Å²) in [5.74, 6) is 0.521. The van der Waals surface area contributed by atoms with E-state index in [-0.39, 0.29) is 29.8 Å². The van der Waals surface area contributed by atoms with Gasteiger partial charge in [0.1, 0.15) is 0 Å². The lowest BCUT2D eigenvalue weighted by molar-refractivity contribution is -0.136. The molecule has 1 aliphatic carbocycles. The summed E-state index contributed by atoms with van der Waals surface area (Å²) in [5.41, 5.74) is 1.93. The van der Waals surface area contributed by atoms with Gasteiger partial charge in [-0.1, -0.05) is 43.2 Å². The number of pyridine rings is 1. The molecule has 1 aromatic carbocycles. The fourth-order valence-electron chi connectivity index (χ4n) is 4.87. The van der Waals surface area contributed by atoms with Gasteiger partial charge in [-0.2, -0.15) is 0 Å². The highest BCUT2D eigenvalue weighted by atomic mass is 16.3. The van der Waals surface area contributed by atoms with Crippen LogP contribution in [0.3, 0.4) is 0 Å². The van der Waals surface area contributed by atoms with Crippen molar-refractivity contribution < 1.29 is 9.90 Å². The van der Waals surface area contributed by atoms with E-state index in [4.69, 9.17) is 0 Å². The molecule has 1 amide bonds. The van der Waals surface area contributed by atoms with E-state index in [1.807, 2.05) is 35.2 Å². The molecule has 4 nitrogen and oxygen atoms in total. The molecular weight excluding hydrogens is 324 g/mol. The van der Waals surface area contributed by atoms with Crippen LogP contribution in [0, 0.1) is 5.92 Å². The molecule has 2 aromatic rings. The topological polar surface area (TPSA) is 53.4 Å². The highest BCUT2D eigenvalue weighted by molar-refractivity contribution is 5.89. The smallest absolute Gasteiger partial charge is 0.233 e. The summed E-state index contributed by atoms with van der Waals surface area (Å²) >= 11 is 0. The number of hydrogen-bond donors (Lipinski definition) is 1. The minimum Gasteiger partial charge on any atom is -0.396 e. The lowest BCUT2D eigenvalue weighted by Gasteiger charge is -2.33. The van der Waals surface area contributed by atoms with Crippen LogP contribution < -0.4 is 0 Å². The normalized spacial score (nSPS) is 24.7. The standard InChI is InChI=1S/C22H26N2O2/c25-16-18-14-24(15-20(18)17-8-12-23-13-9-17)21(26)22(10-4-5-11-22)19-6-2-1-3-7-19/h1-3,6-9,12-13,18,20,25H,4-5,10-11,14-16H2/t18-,20-/m0/s1. The SMILES string of the molecule is O=C(N1C[C@@H](CO)[C@H](c2ccncc2)C1)C1(c2ccccc2)CCCC1. The molecule has 136 valence electrons. The average Bonchev–Trinajstić information content (AvgIpc) is 3.37. The third kappa shape index (κ3) is 2.92. The second-order valence-corrected chi connectivity index (χ2v) is 7.70. The molecule has 2 fully saturated rings. The van der Waals surface area contributed by atoms with Crippen molar-refractivity contribution in [3.8, 4) is 0 Å². The van der Waals surface area contributed by atoms with Crippen LogP contribution in [0.5, 0.6) is 0 Å². The van der Waals surface area contributed by atoms with Crippen molar-refractivity contribution >= 4 is 5.91 Å². The van der Waals surface area contributed by atoms with Crippen molar-refractivity contribution in [2.75, 3.05) is 19.7 Å². The second kappa shape index (κ2) is 7.20. The van der Waals surface area contributed by atoms with Crippen molar-refractivity contribution in [3.63, 3.8) is 0 Å². The monoisotopic (exact) mass is 350 g/mol. The van der Waals surface area contributed by atoms with Gasteiger partial charge in [-0.15, -0.1) is 0 Å². The summed E-state index contributed by atoms with van der Waals surface area (Å²) in [7, 11) is 0. The van der Waals surface area contributed by atoms with E-state index >= 15 is 0 Å². The van der Waals surface area contributed by atoms with Gasteiger partial charge in [-0.3, -0.25) is 9.78 Å². The molecule has 1 N–H and O–H groups in total. The van der Waals surface area contributed by atoms with E-state index in [9.17, 15) is 9.90 Å². The number of rotatable bonds is 4. The van der Waals surface area contributed by atoms with Gasteiger partial charge < -0.3 is 10.0 Å². The third-order valence-electron chi connectivity index (χ3n) is 6.29. The van der Waals surface area contributed by atoms with Crippen molar-refractivity contribution in [3.05, 3.63) is 66.0 Å². The van der Waals surface area contributed by atoms with Gasteiger partial charge in [0.2, 0.25) is 5.91 Å². The molecule has 4 rings (SSSR count).